The third kappa shape index (κ3) is 11.0. The average Bonchev–Trinajstić information content (AvgIpc) is 2.73. The van der Waals surface area contributed by atoms with Gasteiger partial charge in [0.15, 0.2) is 35.9 Å². The van der Waals surface area contributed by atoms with Gasteiger partial charge in [0, 0.05) is 6.54 Å². The van der Waals surface area contributed by atoms with Crippen molar-refractivity contribution in [3.63, 3.8) is 0 Å². The number of aromatic hydroxyl groups is 2. The molecule has 182 valence electrons. The number of carboxylic acid groups (broad SMARTS) is 4. The molecule has 0 saturated carbocycles. The predicted molar refractivity (Wildman–Crippen MR) is 98.4 cm³/mol. The largest absolute Gasteiger partial charge is 0.504 e. The summed E-state index contributed by atoms with van der Waals surface area (Å²) in [5.74, 6) is -7.53. The first-order valence-electron chi connectivity index (χ1n) is 8.11. The van der Waals surface area contributed by atoms with Crippen molar-refractivity contribution in [2.45, 2.75) is 30.5 Å². The summed E-state index contributed by atoms with van der Waals surface area (Å²) in [5.41, 5.74) is 5.69. The van der Waals surface area contributed by atoms with Crippen LogP contribution in [0.4, 0.5) is 0 Å². The Kier molecular flexibility index (Phi) is 13.9. The molecular formula is C16H23NO15. The van der Waals surface area contributed by atoms with E-state index in [1.54, 1.807) is 0 Å². The molecule has 16 heteroatoms. The topological polar surface area (TPSA) is 317 Å². The number of rotatable bonds is 8. The van der Waals surface area contributed by atoms with Gasteiger partial charge in [0.2, 0.25) is 0 Å². The molecule has 16 nitrogen and oxygen atoms in total. The molecule has 0 amide bonds. The molecule has 0 aliphatic heterocycles. The van der Waals surface area contributed by atoms with Crippen LogP contribution in [0.1, 0.15) is 11.7 Å². The zero-order valence-corrected chi connectivity index (χ0v) is 16.0. The number of aliphatic hydroxyl groups excluding tert-OH is 5. The molecule has 0 aliphatic carbocycles. The van der Waals surface area contributed by atoms with E-state index < -0.39 is 54.4 Å². The molecule has 0 saturated heterocycles. The molecule has 0 spiro atoms. The van der Waals surface area contributed by atoms with Crippen molar-refractivity contribution in [3.05, 3.63) is 23.8 Å². The second-order valence-corrected chi connectivity index (χ2v) is 5.63. The number of carboxylic acids is 4. The predicted octanol–water partition coefficient (Wildman–Crippen LogP) is -4.16. The van der Waals surface area contributed by atoms with E-state index in [4.69, 9.17) is 56.8 Å². The molecule has 1 aromatic rings. The van der Waals surface area contributed by atoms with E-state index in [0.29, 0.717) is 5.56 Å². The number of phenols is 2. The van der Waals surface area contributed by atoms with E-state index in [0.717, 1.165) is 0 Å². The molecule has 13 N–H and O–H groups in total. The normalized spacial score (nSPS) is 14.7. The minimum atomic E-state index is -2.27. The maximum Gasteiger partial charge on any atom is 0.335 e. The Hall–Kier alpha value is -3.54. The maximum absolute atomic E-state index is 9.77. The lowest BCUT2D eigenvalue weighted by Crippen LogP contribution is -2.39. The van der Waals surface area contributed by atoms with Crippen molar-refractivity contribution in [2.75, 3.05) is 6.54 Å². The lowest BCUT2D eigenvalue weighted by molar-refractivity contribution is -0.165. The van der Waals surface area contributed by atoms with Gasteiger partial charge < -0.3 is 61.9 Å². The lowest BCUT2D eigenvalue weighted by atomic mass is 10.1. The zero-order chi connectivity index (χ0) is 25.8. The third-order valence-electron chi connectivity index (χ3n) is 3.22. The Morgan fingerprint density at radius 1 is 0.656 bits per heavy atom. The third-order valence-corrected chi connectivity index (χ3v) is 3.22. The summed E-state index contributed by atoms with van der Waals surface area (Å²) in [6, 6.07) is 4.10. The number of hydrogen-bond acceptors (Lipinski definition) is 12. The van der Waals surface area contributed by atoms with Crippen molar-refractivity contribution in [3.8, 4) is 11.5 Å². The standard InChI is InChI=1S/C8H11NO3.2C4H6O6/c9-4-8(12)5-1-2-6(10)7(11)3-5;2*5-1(3(7)8)2(6)4(9)10/h1-3,8,10-12H,4,9H2;2*1-2,5-6H,(H,7,8)(H,9,10)/t8-;;/m0../s1. The van der Waals surface area contributed by atoms with Crippen molar-refractivity contribution < 1.29 is 75.3 Å². The maximum atomic E-state index is 9.77. The molecule has 0 aliphatic rings. The van der Waals surface area contributed by atoms with Crippen LogP contribution >= 0.6 is 0 Å². The van der Waals surface area contributed by atoms with E-state index in [1.165, 1.54) is 18.2 Å². The van der Waals surface area contributed by atoms with Crippen molar-refractivity contribution in [1.82, 2.24) is 0 Å². The van der Waals surface area contributed by atoms with Gasteiger partial charge >= 0.3 is 23.9 Å². The van der Waals surface area contributed by atoms with Gasteiger partial charge in [-0.05, 0) is 17.7 Å². The Labute approximate surface area is 178 Å². The fourth-order valence-corrected chi connectivity index (χ4v) is 1.42. The number of nitrogens with two attached hydrogens (primary N) is 1. The molecule has 1 aromatic carbocycles. The molecule has 32 heavy (non-hydrogen) atoms. The Morgan fingerprint density at radius 2 is 0.969 bits per heavy atom. The monoisotopic (exact) mass is 469 g/mol. The molecule has 0 radical (unpaired) electrons. The minimum Gasteiger partial charge on any atom is -0.504 e. The van der Waals surface area contributed by atoms with Gasteiger partial charge in [-0.15, -0.1) is 0 Å². The summed E-state index contributed by atoms with van der Waals surface area (Å²) < 4.78 is 0. The van der Waals surface area contributed by atoms with Gasteiger partial charge in [-0.2, -0.15) is 0 Å². The summed E-state index contributed by atoms with van der Waals surface area (Å²) in [7, 11) is 0. The van der Waals surface area contributed by atoms with E-state index in [2.05, 4.69) is 0 Å². The van der Waals surface area contributed by atoms with Crippen LogP contribution in [0.25, 0.3) is 0 Å². The Balaban J connectivity index is 0. The van der Waals surface area contributed by atoms with Crippen LogP contribution in [0.15, 0.2) is 18.2 Å². The number of phenolic OH excluding ortho intramolecular Hbond substituents is 2. The summed E-state index contributed by atoms with van der Waals surface area (Å²) in [6.07, 6.45) is -9.86. The first kappa shape index (κ1) is 30.7. The van der Waals surface area contributed by atoms with E-state index >= 15 is 0 Å². The highest BCUT2D eigenvalue weighted by Crippen LogP contribution is 2.27. The van der Waals surface area contributed by atoms with Gasteiger partial charge in [-0.3, -0.25) is 0 Å². The van der Waals surface area contributed by atoms with Crippen LogP contribution in [0, 0.1) is 0 Å². The lowest BCUT2D eigenvalue weighted by Gasteiger charge is -2.08. The van der Waals surface area contributed by atoms with Gasteiger partial charge in [-0.25, -0.2) is 19.2 Å². The Morgan fingerprint density at radius 3 is 1.19 bits per heavy atom. The van der Waals surface area contributed by atoms with Crippen molar-refractivity contribution >= 4 is 23.9 Å². The SMILES string of the molecule is NC[C@H](O)c1ccc(O)c(O)c1.O=C(O)C(O)C(O)C(=O)O.O=C(O)C(O)C(O)C(=O)O. The zero-order valence-electron chi connectivity index (χ0n) is 16.0. The molecule has 0 heterocycles. The van der Waals surface area contributed by atoms with Crippen LogP contribution in [-0.2, 0) is 19.2 Å². The smallest absolute Gasteiger partial charge is 0.335 e. The van der Waals surface area contributed by atoms with Gasteiger partial charge in [0.05, 0.1) is 6.10 Å². The minimum absolute atomic E-state index is 0.0875. The molecule has 1 rings (SSSR count). The molecule has 0 aromatic heterocycles. The number of benzene rings is 1. The van der Waals surface area contributed by atoms with E-state index in [9.17, 15) is 24.3 Å². The summed E-state index contributed by atoms with van der Waals surface area (Å²) in [5, 5.41) is 92.3. The highest BCUT2D eigenvalue weighted by molar-refractivity contribution is 5.83. The van der Waals surface area contributed by atoms with Crippen LogP contribution < -0.4 is 5.73 Å². The molecule has 0 fully saturated rings. The molecule has 4 unspecified atom stereocenters. The number of aliphatic hydroxyl groups is 5. The highest BCUT2D eigenvalue weighted by atomic mass is 16.4. The van der Waals surface area contributed by atoms with Crippen LogP contribution in [-0.4, -0.2) is 111 Å². The first-order valence-corrected chi connectivity index (χ1v) is 8.11. The van der Waals surface area contributed by atoms with Crippen LogP contribution in [0.2, 0.25) is 0 Å². The first-order chi connectivity index (χ1) is 14.6. The summed E-state index contributed by atoms with van der Waals surface area (Å²) >= 11 is 0. The van der Waals surface area contributed by atoms with Gasteiger partial charge in [0.1, 0.15) is 0 Å². The van der Waals surface area contributed by atoms with E-state index in [1.807, 2.05) is 0 Å². The summed E-state index contributed by atoms with van der Waals surface area (Å²) in [6.45, 7) is 0.0875. The van der Waals surface area contributed by atoms with Crippen LogP contribution in [0.5, 0.6) is 11.5 Å². The van der Waals surface area contributed by atoms with Gasteiger partial charge in [-0.1, -0.05) is 6.07 Å². The summed E-state index contributed by atoms with van der Waals surface area (Å²) in [4.78, 5) is 39.1. The van der Waals surface area contributed by atoms with E-state index in [-0.39, 0.29) is 18.0 Å². The number of hydrogen-bond donors (Lipinski definition) is 12. The second kappa shape index (κ2) is 14.5. The number of aliphatic carboxylic acids is 4. The van der Waals surface area contributed by atoms with Gasteiger partial charge in [0.25, 0.3) is 0 Å². The fraction of sp³-hybridized carbons (Fsp3) is 0.375. The quantitative estimate of drug-likeness (QED) is 0.161. The molecule has 0 bridgehead atoms. The fourth-order valence-electron chi connectivity index (χ4n) is 1.42. The number of carbonyl (C=O) groups is 4. The molecular weight excluding hydrogens is 446 g/mol. The molecule has 5 atom stereocenters. The average molecular weight is 469 g/mol. The Bertz CT molecular complexity index is 711. The second-order valence-electron chi connectivity index (χ2n) is 5.63. The van der Waals surface area contributed by atoms with Crippen molar-refractivity contribution in [2.24, 2.45) is 5.73 Å². The van der Waals surface area contributed by atoms with Crippen molar-refractivity contribution in [1.29, 1.82) is 0 Å². The van der Waals surface area contributed by atoms with Crippen LogP contribution in [0.3, 0.4) is 0 Å². The highest BCUT2D eigenvalue weighted by Gasteiger charge is 2.30.